The molecule has 53 heavy (non-hydrogen) atoms. The van der Waals surface area contributed by atoms with E-state index in [1.165, 1.54) is 27.4 Å². The third-order valence-electron chi connectivity index (χ3n) is 9.91. The van der Waals surface area contributed by atoms with Crippen molar-refractivity contribution in [2.45, 2.75) is 6.42 Å². The zero-order chi connectivity index (χ0) is 35.3. The van der Waals surface area contributed by atoms with Gasteiger partial charge in [0.05, 0.1) is 0 Å². The molecule has 0 saturated heterocycles. The first kappa shape index (κ1) is 31.4. The summed E-state index contributed by atoms with van der Waals surface area (Å²) in [4.78, 5) is 10.3. The third-order valence-corrected chi connectivity index (χ3v) is 16.0. The van der Waals surface area contributed by atoms with E-state index in [4.69, 9.17) is 14.4 Å². The summed E-state index contributed by atoms with van der Waals surface area (Å²) in [6.45, 7) is 0. The number of nitrogens with zero attached hydrogens (tertiary/aromatic N) is 3. The van der Waals surface area contributed by atoms with E-state index in [2.05, 4.69) is 121 Å². The van der Waals surface area contributed by atoms with Gasteiger partial charge < -0.3 is 0 Å². The number of fused-ring (bicyclic) bond motifs is 6. The molecule has 0 atom stereocenters. The fraction of sp³-hybridized carbons (Fsp3) is 0.0208. The predicted octanol–water partition coefficient (Wildman–Crippen LogP) is 12.2. The average molecular weight is 792 g/mol. The van der Waals surface area contributed by atoms with Gasteiger partial charge in [0, 0.05) is 0 Å². The molecule has 5 heteroatoms. The number of rotatable bonds is 5. The van der Waals surface area contributed by atoms with Crippen LogP contribution in [0.25, 0.3) is 49.9 Å². The monoisotopic (exact) mass is 791 g/mol. The summed E-state index contributed by atoms with van der Waals surface area (Å²) in [6.07, 6.45) is 2.83. The molecule has 7 aromatic carbocycles. The normalized spacial score (nSPS) is 14.2. The SMILES string of the molecule is N#Cc1cccc(C2=NC(c3cccc(I4c5ccccc5-c5ccc(-c6cccc7c6oc6ccccc67)cc54)c3)=CCC(c3ccccc3)=N2)c1. The van der Waals surface area contributed by atoms with Crippen molar-refractivity contribution in [2.75, 3.05) is 0 Å². The molecule has 0 fully saturated rings. The van der Waals surface area contributed by atoms with Gasteiger partial charge in [-0.05, 0) is 0 Å². The van der Waals surface area contributed by atoms with Crippen LogP contribution in [0.5, 0.6) is 0 Å². The van der Waals surface area contributed by atoms with Crippen LogP contribution in [0.15, 0.2) is 184 Å². The van der Waals surface area contributed by atoms with Gasteiger partial charge in [-0.1, -0.05) is 0 Å². The molecule has 0 spiro atoms. The Labute approximate surface area is 314 Å². The van der Waals surface area contributed by atoms with Crippen LogP contribution < -0.4 is 0 Å². The van der Waals surface area contributed by atoms with Gasteiger partial charge in [-0.15, -0.1) is 0 Å². The molecule has 1 aromatic heterocycles. The summed E-state index contributed by atoms with van der Waals surface area (Å²) in [7, 11) is 0. The van der Waals surface area contributed by atoms with Crippen molar-refractivity contribution in [3.05, 3.63) is 203 Å². The van der Waals surface area contributed by atoms with Gasteiger partial charge in [0.15, 0.2) is 0 Å². The maximum absolute atomic E-state index is 9.67. The number of hydrogen-bond acceptors (Lipinski definition) is 4. The molecular weight excluding hydrogens is 761 g/mol. The number of benzene rings is 7. The van der Waals surface area contributed by atoms with Crippen LogP contribution in [0.1, 0.15) is 28.7 Å². The first-order chi connectivity index (χ1) is 26.2. The summed E-state index contributed by atoms with van der Waals surface area (Å²) in [5, 5.41) is 11.9. The van der Waals surface area contributed by atoms with Crippen molar-refractivity contribution >= 4 is 59.0 Å². The Hall–Kier alpha value is -6.36. The van der Waals surface area contributed by atoms with Crippen molar-refractivity contribution in [3.8, 4) is 28.3 Å². The number of aliphatic imine (C=N–C) groups is 2. The van der Waals surface area contributed by atoms with Crippen LogP contribution in [0.4, 0.5) is 0 Å². The number of allylic oxidation sites excluding steroid dienone is 1. The topological polar surface area (TPSA) is 61.6 Å². The molecule has 0 unspecified atom stereocenters. The van der Waals surface area contributed by atoms with E-state index in [9.17, 15) is 5.26 Å². The standard InChI is InChI=1S/C48H30IN3O/c50-30-31-11-8-15-35(27-31)48-51-44(32-12-2-1-3-13-32)25-26-45(52-48)34-14-9-16-36(28-34)49-42-21-6-4-17-38(42)39-24-23-33(29-43(39)49)37-19-10-20-41-40-18-5-7-22-46(40)53-47(37)41/h1-24,26-29H,25H2. The van der Waals surface area contributed by atoms with E-state index < -0.39 is 19.8 Å². The van der Waals surface area contributed by atoms with Crippen molar-refractivity contribution in [2.24, 2.45) is 9.98 Å². The van der Waals surface area contributed by atoms with Crippen molar-refractivity contribution in [3.63, 3.8) is 0 Å². The Kier molecular flexibility index (Phi) is 7.70. The first-order valence-corrected chi connectivity index (χ1v) is 20.8. The van der Waals surface area contributed by atoms with Crippen molar-refractivity contribution in [1.29, 1.82) is 5.26 Å². The Balaban J connectivity index is 1.09. The van der Waals surface area contributed by atoms with E-state index in [-0.39, 0.29) is 0 Å². The van der Waals surface area contributed by atoms with E-state index in [1.807, 2.05) is 54.6 Å². The van der Waals surface area contributed by atoms with Crippen molar-refractivity contribution in [1.82, 2.24) is 0 Å². The van der Waals surface area contributed by atoms with E-state index >= 15 is 0 Å². The molecule has 0 N–H and O–H groups in total. The Morgan fingerprint density at radius 3 is 2.21 bits per heavy atom. The molecular formula is C48H30IN3O. The molecule has 2 aliphatic heterocycles. The Bertz CT molecular complexity index is 2890. The summed E-state index contributed by atoms with van der Waals surface area (Å²) in [5.41, 5.74) is 12.1. The number of nitriles is 1. The molecule has 250 valence electrons. The average Bonchev–Trinajstić information content (AvgIpc) is 3.67. The Morgan fingerprint density at radius 1 is 0.547 bits per heavy atom. The first-order valence-electron chi connectivity index (χ1n) is 17.6. The van der Waals surface area contributed by atoms with Gasteiger partial charge in [-0.25, -0.2) is 0 Å². The zero-order valence-electron chi connectivity index (χ0n) is 28.5. The van der Waals surface area contributed by atoms with Crippen LogP contribution >= 0.6 is 19.8 Å². The molecule has 0 radical (unpaired) electrons. The zero-order valence-corrected chi connectivity index (χ0v) is 30.7. The molecule has 0 saturated carbocycles. The quantitative estimate of drug-likeness (QED) is 0.163. The molecule has 10 rings (SSSR count). The minimum atomic E-state index is -2.14. The fourth-order valence-corrected chi connectivity index (χ4v) is 13.9. The second-order valence-corrected chi connectivity index (χ2v) is 18.3. The second kappa shape index (κ2) is 13.0. The molecule has 2 aliphatic rings. The third kappa shape index (κ3) is 5.51. The summed E-state index contributed by atoms with van der Waals surface area (Å²) in [5.74, 6) is 0.606. The summed E-state index contributed by atoms with van der Waals surface area (Å²) in [6, 6.07) is 59.8. The number of para-hydroxylation sites is 2. The maximum atomic E-state index is 9.67. The molecule has 0 amide bonds. The van der Waals surface area contributed by atoms with Crippen LogP contribution in [0, 0.1) is 22.0 Å². The van der Waals surface area contributed by atoms with Gasteiger partial charge in [0.2, 0.25) is 0 Å². The van der Waals surface area contributed by atoms with Gasteiger partial charge >= 0.3 is 316 Å². The van der Waals surface area contributed by atoms with Crippen LogP contribution in [-0.4, -0.2) is 11.5 Å². The van der Waals surface area contributed by atoms with E-state index in [0.29, 0.717) is 17.8 Å². The number of halogens is 1. The summed E-state index contributed by atoms with van der Waals surface area (Å²) >= 11 is -2.14. The Morgan fingerprint density at radius 2 is 1.28 bits per heavy atom. The molecule has 8 aromatic rings. The molecule has 0 bridgehead atoms. The van der Waals surface area contributed by atoms with Gasteiger partial charge in [0.25, 0.3) is 0 Å². The van der Waals surface area contributed by atoms with Crippen molar-refractivity contribution < 1.29 is 4.42 Å². The van der Waals surface area contributed by atoms with E-state index in [0.717, 1.165) is 55.6 Å². The number of amidine groups is 1. The predicted molar refractivity (Wildman–Crippen MR) is 224 cm³/mol. The van der Waals surface area contributed by atoms with E-state index in [1.54, 1.807) is 0 Å². The molecule has 3 heterocycles. The molecule has 4 nitrogen and oxygen atoms in total. The molecule has 0 aliphatic carbocycles. The van der Waals surface area contributed by atoms with Gasteiger partial charge in [0.1, 0.15) is 0 Å². The summed E-state index contributed by atoms with van der Waals surface area (Å²) < 4.78 is 10.7. The van der Waals surface area contributed by atoms with Crippen LogP contribution in [-0.2, 0) is 0 Å². The van der Waals surface area contributed by atoms with Crippen LogP contribution in [0.2, 0.25) is 0 Å². The minimum absolute atomic E-state index is 0.583. The van der Waals surface area contributed by atoms with Gasteiger partial charge in [-0.2, -0.15) is 0 Å². The number of hydrogen-bond donors (Lipinski definition) is 0. The van der Waals surface area contributed by atoms with Gasteiger partial charge in [-0.3, -0.25) is 0 Å². The fourth-order valence-electron chi connectivity index (χ4n) is 7.39. The number of furan rings is 1. The van der Waals surface area contributed by atoms with Crippen LogP contribution in [0.3, 0.4) is 0 Å². The second-order valence-electron chi connectivity index (χ2n) is 13.1.